The molecule has 0 saturated heterocycles. The molecule has 96 valence electrons. The number of anilines is 1. The normalized spacial score (nSPS) is 10.8. The molecule has 19 heavy (non-hydrogen) atoms. The summed E-state index contributed by atoms with van der Waals surface area (Å²) >= 11 is 0. The number of rotatable bonds is 2. The number of methoxy groups -OCH3 is 1. The van der Waals surface area contributed by atoms with E-state index in [1.165, 1.54) is 0 Å². The molecule has 1 aromatic carbocycles. The molecular formula is C15H15N3O. The molecule has 2 N–H and O–H groups in total. The molecule has 0 aliphatic carbocycles. The van der Waals surface area contributed by atoms with Gasteiger partial charge in [0.05, 0.1) is 30.2 Å². The minimum absolute atomic E-state index is 0.672. The predicted octanol–water partition coefficient (Wildman–Crippen LogP) is 2.83. The van der Waals surface area contributed by atoms with Crippen LogP contribution in [0, 0.1) is 0 Å². The number of hydrogen-bond donors (Lipinski definition) is 1. The minimum atomic E-state index is 0.672. The number of aromatic nitrogens is 2. The molecule has 3 aromatic rings. The van der Waals surface area contributed by atoms with E-state index in [4.69, 9.17) is 10.5 Å². The van der Waals surface area contributed by atoms with E-state index < -0.39 is 0 Å². The predicted molar refractivity (Wildman–Crippen MR) is 77.1 cm³/mol. The average molecular weight is 253 g/mol. The molecule has 0 aliphatic rings. The molecule has 4 heteroatoms. The van der Waals surface area contributed by atoms with Gasteiger partial charge < -0.3 is 15.0 Å². The first-order valence-electron chi connectivity index (χ1n) is 6.04. The number of nitrogens with zero attached hydrogens (tertiary/aromatic N) is 2. The van der Waals surface area contributed by atoms with Gasteiger partial charge in [-0.05, 0) is 24.3 Å². The Kier molecular flexibility index (Phi) is 2.63. The van der Waals surface area contributed by atoms with E-state index in [2.05, 4.69) is 21.8 Å². The van der Waals surface area contributed by atoms with Crippen LogP contribution in [0.2, 0.25) is 0 Å². The second kappa shape index (κ2) is 4.31. The van der Waals surface area contributed by atoms with Crippen molar-refractivity contribution in [1.29, 1.82) is 0 Å². The van der Waals surface area contributed by atoms with E-state index in [0.717, 1.165) is 27.9 Å². The van der Waals surface area contributed by atoms with Crippen molar-refractivity contribution in [1.82, 2.24) is 9.55 Å². The zero-order chi connectivity index (χ0) is 13.4. The minimum Gasteiger partial charge on any atom is -0.497 e. The van der Waals surface area contributed by atoms with Crippen LogP contribution in [0.15, 0.2) is 42.7 Å². The number of nitrogens with two attached hydrogens (primary N) is 1. The van der Waals surface area contributed by atoms with Gasteiger partial charge in [-0.3, -0.25) is 4.98 Å². The lowest BCUT2D eigenvalue weighted by atomic mass is 10.1. The molecule has 4 nitrogen and oxygen atoms in total. The zero-order valence-electron chi connectivity index (χ0n) is 10.9. The van der Waals surface area contributed by atoms with Gasteiger partial charge >= 0.3 is 0 Å². The van der Waals surface area contributed by atoms with E-state index >= 15 is 0 Å². The van der Waals surface area contributed by atoms with Crippen LogP contribution in [0.1, 0.15) is 0 Å². The molecule has 0 atom stereocenters. The van der Waals surface area contributed by atoms with E-state index in [1.807, 2.05) is 31.3 Å². The number of fused-ring (bicyclic) bond motifs is 1. The summed E-state index contributed by atoms with van der Waals surface area (Å²) in [4.78, 5) is 4.38. The van der Waals surface area contributed by atoms with Crippen LogP contribution in [0.5, 0.6) is 5.75 Å². The number of benzene rings is 1. The number of nitrogen functional groups attached to an aromatic ring is 1. The van der Waals surface area contributed by atoms with Gasteiger partial charge in [0.25, 0.3) is 0 Å². The summed E-state index contributed by atoms with van der Waals surface area (Å²) in [6.07, 6.45) is 3.75. The average Bonchev–Trinajstić information content (AvgIpc) is 2.76. The van der Waals surface area contributed by atoms with E-state index in [1.54, 1.807) is 13.3 Å². The summed E-state index contributed by atoms with van der Waals surface area (Å²) in [5, 5.41) is 1.15. The maximum Gasteiger partial charge on any atom is 0.120 e. The molecule has 0 radical (unpaired) electrons. The fourth-order valence-electron chi connectivity index (χ4n) is 2.26. The molecule has 0 saturated carbocycles. The van der Waals surface area contributed by atoms with Gasteiger partial charge in [-0.15, -0.1) is 0 Å². The fourth-order valence-corrected chi connectivity index (χ4v) is 2.26. The molecule has 0 bridgehead atoms. The summed E-state index contributed by atoms with van der Waals surface area (Å²) in [5.41, 5.74) is 9.49. The highest BCUT2D eigenvalue weighted by Crippen LogP contribution is 2.31. The first-order chi connectivity index (χ1) is 9.19. The Hall–Kier alpha value is -2.49. The molecular weight excluding hydrogens is 238 g/mol. The van der Waals surface area contributed by atoms with Crippen LogP contribution >= 0.6 is 0 Å². The van der Waals surface area contributed by atoms with Gasteiger partial charge in [-0.25, -0.2) is 0 Å². The van der Waals surface area contributed by atoms with Gasteiger partial charge in [-0.1, -0.05) is 0 Å². The van der Waals surface area contributed by atoms with Gasteiger partial charge in [0.2, 0.25) is 0 Å². The monoisotopic (exact) mass is 253 g/mol. The van der Waals surface area contributed by atoms with Gasteiger partial charge in [0.1, 0.15) is 5.75 Å². The van der Waals surface area contributed by atoms with Gasteiger partial charge in [-0.2, -0.15) is 0 Å². The van der Waals surface area contributed by atoms with Crippen molar-refractivity contribution < 1.29 is 4.74 Å². The molecule has 2 heterocycles. The van der Waals surface area contributed by atoms with Crippen molar-refractivity contribution in [2.45, 2.75) is 0 Å². The van der Waals surface area contributed by atoms with Crippen molar-refractivity contribution in [2.24, 2.45) is 7.05 Å². The maximum absolute atomic E-state index is 5.68. The Morgan fingerprint density at radius 2 is 2.05 bits per heavy atom. The van der Waals surface area contributed by atoms with Crippen LogP contribution < -0.4 is 10.5 Å². The Labute approximate surface area is 111 Å². The topological polar surface area (TPSA) is 53.1 Å². The Balaban J connectivity index is 2.22. The molecule has 0 aliphatic heterocycles. The van der Waals surface area contributed by atoms with Crippen LogP contribution in [0.4, 0.5) is 5.69 Å². The van der Waals surface area contributed by atoms with E-state index in [0.29, 0.717) is 5.69 Å². The standard InChI is InChI=1S/C15H15N3O/c1-18-9-13(14-6-3-10(16)8-17-14)12-5-4-11(19-2)7-15(12)18/h3-9H,16H2,1-2H3. The second-order valence-corrected chi connectivity index (χ2v) is 4.51. The highest BCUT2D eigenvalue weighted by molar-refractivity contribution is 5.95. The SMILES string of the molecule is COc1ccc2c(-c3ccc(N)cn3)cn(C)c2c1. The first kappa shape index (κ1) is 11.6. The molecule has 0 amide bonds. The van der Waals surface area contributed by atoms with E-state index in [9.17, 15) is 0 Å². The lowest BCUT2D eigenvalue weighted by Gasteiger charge is -2.02. The molecule has 0 unspecified atom stereocenters. The van der Waals surface area contributed by atoms with Crippen molar-refractivity contribution in [2.75, 3.05) is 12.8 Å². The lowest BCUT2D eigenvalue weighted by Crippen LogP contribution is -1.87. The molecule has 0 spiro atoms. The van der Waals surface area contributed by atoms with Crippen molar-refractivity contribution >= 4 is 16.6 Å². The molecule has 3 rings (SSSR count). The van der Waals surface area contributed by atoms with Crippen molar-refractivity contribution in [3.63, 3.8) is 0 Å². The summed E-state index contributed by atoms with van der Waals surface area (Å²) < 4.78 is 7.34. The van der Waals surface area contributed by atoms with Crippen LogP contribution in [-0.4, -0.2) is 16.7 Å². The van der Waals surface area contributed by atoms with Crippen LogP contribution in [0.3, 0.4) is 0 Å². The van der Waals surface area contributed by atoms with Crippen molar-refractivity contribution in [3.05, 3.63) is 42.7 Å². The Morgan fingerprint density at radius 1 is 1.21 bits per heavy atom. The molecule has 2 aromatic heterocycles. The largest absolute Gasteiger partial charge is 0.497 e. The van der Waals surface area contributed by atoms with Crippen molar-refractivity contribution in [3.8, 4) is 17.0 Å². The second-order valence-electron chi connectivity index (χ2n) is 4.51. The summed E-state index contributed by atoms with van der Waals surface area (Å²) in [6.45, 7) is 0. The first-order valence-corrected chi connectivity index (χ1v) is 6.04. The third kappa shape index (κ3) is 1.91. The lowest BCUT2D eigenvalue weighted by molar-refractivity contribution is 0.415. The third-order valence-electron chi connectivity index (χ3n) is 3.26. The smallest absolute Gasteiger partial charge is 0.120 e. The highest BCUT2D eigenvalue weighted by atomic mass is 16.5. The number of hydrogen-bond acceptors (Lipinski definition) is 3. The number of pyridine rings is 1. The quantitative estimate of drug-likeness (QED) is 0.764. The fraction of sp³-hybridized carbons (Fsp3) is 0.133. The Morgan fingerprint density at radius 3 is 2.74 bits per heavy atom. The zero-order valence-corrected chi connectivity index (χ0v) is 10.9. The van der Waals surface area contributed by atoms with Crippen LogP contribution in [-0.2, 0) is 7.05 Å². The summed E-state index contributed by atoms with van der Waals surface area (Å²) in [7, 11) is 3.69. The van der Waals surface area contributed by atoms with E-state index in [-0.39, 0.29) is 0 Å². The van der Waals surface area contributed by atoms with Crippen LogP contribution in [0.25, 0.3) is 22.2 Å². The number of aryl methyl sites for hydroxylation is 1. The highest BCUT2D eigenvalue weighted by Gasteiger charge is 2.10. The summed E-state index contributed by atoms with van der Waals surface area (Å²) in [6, 6.07) is 9.85. The number of ether oxygens (including phenoxy) is 1. The van der Waals surface area contributed by atoms with Gasteiger partial charge in [0.15, 0.2) is 0 Å². The maximum atomic E-state index is 5.68. The molecule has 0 fully saturated rings. The van der Waals surface area contributed by atoms with Gasteiger partial charge in [0, 0.05) is 30.3 Å². The third-order valence-corrected chi connectivity index (χ3v) is 3.26. The Bertz CT molecular complexity index is 729. The summed E-state index contributed by atoms with van der Waals surface area (Å²) in [5.74, 6) is 0.852.